The number of hydrogen-bond donors (Lipinski definition) is 2. The maximum absolute atomic E-state index is 13.9. The molecule has 0 fully saturated rings. The van der Waals surface area contributed by atoms with Crippen LogP contribution in [-0.4, -0.2) is 19.2 Å². The zero-order valence-electron chi connectivity index (χ0n) is 14.5. The molecule has 2 aromatic heterocycles. The number of fused-ring (bicyclic) bond motifs is 6. The van der Waals surface area contributed by atoms with Gasteiger partial charge in [0.25, 0.3) is 5.56 Å². The van der Waals surface area contributed by atoms with Crippen LogP contribution in [0.2, 0.25) is 0 Å². The van der Waals surface area contributed by atoms with E-state index in [9.17, 15) is 13.4 Å². The molecule has 138 valence electrons. The fourth-order valence-corrected chi connectivity index (χ4v) is 4.57. The van der Waals surface area contributed by atoms with Gasteiger partial charge in [-0.15, -0.1) is 0 Å². The number of nitrogens with one attached hydrogen (secondary N) is 2. The predicted octanol–water partition coefficient (Wildman–Crippen LogP) is 4.00. The van der Waals surface area contributed by atoms with E-state index in [1.165, 1.54) is 18.3 Å². The Balaban J connectivity index is 1.78. The highest BCUT2D eigenvalue weighted by molar-refractivity contribution is 7.84. The van der Waals surface area contributed by atoms with E-state index in [0.29, 0.717) is 43.5 Å². The van der Waals surface area contributed by atoms with E-state index < -0.39 is 16.6 Å². The standard InChI is InChI=1S/C21H14FN3O2S/c22-13-6-7-14-16(10-13)17-15(8-9-23-20(17)26)19-18(14)24-21(25-19)28(27)11-12-4-2-1-3-5-12/h1-10H,11H2,(H,23,26)(H,24,25). The van der Waals surface area contributed by atoms with Gasteiger partial charge in [0.1, 0.15) is 5.82 Å². The monoisotopic (exact) mass is 391 g/mol. The summed E-state index contributed by atoms with van der Waals surface area (Å²) in [6.45, 7) is 0. The van der Waals surface area contributed by atoms with Gasteiger partial charge in [-0.1, -0.05) is 30.3 Å². The number of aromatic nitrogens is 3. The molecule has 5 nitrogen and oxygen atoms in total. The van der Waals surface area contributed by atoms with Crippen LogP contribution in [0.4, 0.5) is 4.39 Å². The molecule has 0 saturated carbocycles. The fourth-order valence-electron chi connectivity index (χ4n) is 3.53. The molecule has 2 heterocycles. The topological polar surface area (TPSA) is 78.6 Å². The first-order valence-electron chi connectivity index (χ1n) is 8.66. The Kier molecular flexibility index (Phi) is 3.84. The van der Waals surface area contributed by atoms with Gasteiger partial charge in [-0.05, 0) is 29.8 Å². The predicted molar refractivity (Wildman–Crippen MR) is 108 cm³/mol. The number of halogens is 1. The SMILES string of the molecule is O=c1[nH]ccc2c3nc(S(=O)Cc4ccccc4)[nH]c3c3ccc(F)cc3c12. The van der Waals surface area contributed by atoms with Crippen molar-refractivity contribution in [3.8, 4) is 0 Å². The number of H-pyrrole nitrogens is 2. The Bertz CT molecular complexity index is 1440. The van der Waals surface area contributed by atoms with E-state index in [1.807, 2.05) is 30.3 Å². The first-order valence-corrected chi connectivity index (χ1v) is 9.98. The van der Waals surface area contributed by atoms with Crippen molar-refractivity contribution in [2.24, 2.45) is 0 Å². The Labute approximate surface area is 160 Å². The van der Waals surface area contributed by atoms with Crippen molar-refractivity contribution in [3.05, 3.63) is 82.5 Å². The maximum Gasteiger partial charge on any atom is 0.256 e. The minimum Gasteiger partial charge on any atom is -0.330 e. The lowest BCUT2D eigenvalue weighted by Crippen LogP contribution is -2.05. The lowest BCUT2D eigenvalue weighted by Gasteiger charge is -2.05. The van der Waals surface area contributed by atoms with Gasteiger partial charge in [0, 0.05) is 22.4 Å². The van der Waals surface area contributed by atoms with Gasteiger partial charge in [0.15, 0.2) is 5.16 Å². The van der Waals surface area contributed by atoms with Gasteiger partial charge in [0.05, 0.1) is 33.0 Å². The van der Waals surface area contributed by atoms with Gasteiger partial charge >= 0.3 is 0 Å². The lowest BCUT2D eigenvalue weighted by molar-refractivity contribution is 0.630. The number of nitrogens with zero attached hydrogens (tertiary/aromatic N) is 1. The van der Waals surface area contributed by atoms with Gasteiger partial charge < -0.3 is 9.97 Å². The van der Waals surface area contributed by atoms with E-state index in [0.717, 1.165) is 5.56 Å². The normalized spacial score (nSPS) is 12.8. The summed E-state index contributed by atoms with van der Waals surface area (Å²) < 4.78 is 26.8. The van der Waals surface area contributed by atoms with Crippen molar-refractivity contribution in [3.63, 3.8) is 0 Å². The molecule has 0 amide bonds. The molecule has 3 aromatic carbocycles. The lowest BCUT2D eigenvalue weighted by atomic mass is 10.0. The third kappa shape index (κ3) is 2.63. The number of pyridine rings is 1. The van der Waals surface area contributed by atoms with Crippen LogP contribution in [-0.2, 0) is 16.6 Å². The van der Waals surface area contributed by atoms with E-state index in [2.05, 4.69) is 15.0 Å². The van der Waals surface area contributed by atoms with Crippen LogP contribution in [0.3, 0.4) is 0 Å². The molecular weight excluding hydrogens is 377 g/mol. The second-order valence-electron chi connectivity index (χ2n) is 6.53. The molecule has 5 aromatic rings. The van der Waals surface area contributed by atoms with Crippen LogP contribution >= 0.6 is 0 Å². The second kappa shape index (κ2) is 6.38. The molecule has 5 rings (SSSR count). The van der Waals surface area contributed by atoms with Crippen molar-refractivity contribution in [2.75, 3.05) is 0 Å². The van der Waals surface area contributed by atoms with Crippen molar-refractivity contribution < 1.29 is 8.60 Å². The summed E-state index contributed by atoms with van der Waals surface area (Å²) in [5.41, 5.74) is 1.82. The maximum atomic E-state index is 13.9. The summed E-state index contributed by atoms with van der Waals surface area (Å²) in [6, 6.07) is 15.5. The van der Waals surface area contributed by atoms with Crippen molar-refractivity contribution in [1.82, 2.24) is 15.0 Å². The average Bonchev–Trinajstić information content (AvgIpc) is 3.14. The third-order valence-electron chi connectivity index (χ3n) is 4.77. The van der Waals surface area contributed by atoms with Gasteiger partial charge in [0.2, 0.25) is 0 Å². The molecule has 0 aliphatic carbocycles. The fraction of sp³-hybridized carbons (Fsp3) is 0.0476. The number of benzene rings is 3. The van der Waals surface area contributed by atoms with Gasteiger partial charge in [-0.25, -0.2) is 9.37 Å². The van der Waals surface area contributed by atoms with E-state index in [1.54, 1.807) is 12.1 Å². The summed E-state index contributed by atoms with van der Waals surface area (Å²) in [7, 11) is -1.39. The van der Waals surface area contributed by atoms with E-state index in [-0.39, 0.29) is 5.56 Å². The minimum atomic E-state index is -1.39. The highest BCUT2D eigenvalue weighted by Gasteiger charge is 2.18. The summed E-state index contributed by atoms with van der Waals surface area (Å²) in [5.74, 6) is -0.102. The molecule has 0 saturated heterocycles. The molecule has 0 radical (unpaired) electrons. The Morgan fingerprint density at radius 2 is 1.82 bits per heavy atom. The molecule has 7 heteroatoms. The Morgan fingerprint density at radius 1 is 1.00 bits per heavy atom. The first kappa shape index (κ1) is 16.8. The zero-order valence-corrected chi connectivity index (χ0v) is 15.3. The van der Waals surface area contributed by atoms with Crippen molar-refractivity contribution in [2.45, 2.75) is 10.9 Å². The van der Waals surface area contributed by atoms with Crippen LogP contribution in [0.25, 0.3) is 32.6 Å². The van der Waals surface area contributed by atoms with Crippen LogP contribution in [0.5, 0.6) is 0 Å². The molecule has 1 unspecified atom stereocenters. The van der Waals surface area contributed by atoms with Crippen LogP contribution < -0.4 is 5.56 Å². The average molecular weight is 391 g/mol. The third-order valence-corrected chi connectivity index (χ3v) is 5.99. The highest BCUT2D eigenvalue weighted by atomic mass is 32.2. The number of imidazole rings is 1. The minimum absolute atomic E-state index is 0.315. The molecule has 28 heavy (non-hydrogen) atoms. The van der Waals surface area contributed by atoms with E-state index >= 15 is 0 Å². The van der Waals surface area contributed by atoms with Crippen molar-refractivity contribution >= 4 is 43.4 Å². The molecule has 0 aliphatic rings. The molecular formula is C21H14FN3O2S. The summed E-state index contributed by atoms with van der Waals surface area (Å²) in [6.07, 6.45) is 1.53. The molecule has 2 N–H and O–H groups in total. The highest BCUT2D eigenvalue weighted by Crippen LogP contribution is 2.32. The number of hydrogen-bond acceptors (Lipinski definition) is 3. The number of aromatic amines is 2. The smallest absolute Gasteiger partial charge is 0.256 e. The largest absolute Gasteiger partial charge is 0.330 e. The van der Waals surface area contributed by atoms with Crippen LogP contribution in [0.1, 0.15) is 5.56 Å². The molecule has 0 bridgehead atoms. The summed E-state index contributed by atoms with van der Waals surface area (Å²) in [5, 5.41) is 2.45. The van der Waals surface area contributed by atoms with Gasteiger partial charge in [-0.2, -0.15) is 0 Å². The molecule has 0 aliphatic heterocycles. The first-order chi connectivity index (χ1) is 13.6. The summed E-state index contributed by atoms with van der Waals surface area (Å²) >= 11 is 0. The van der Waals surface area contributed by atoms with Crippen LogP contribution in [0.15, 0.2) is 70.7 Å². The Morgan fingerprint density at radius 3 is 2.64 bits per heavy atom. The molecule has 0 spiro atoms. The second-order valence-corrected chi connectivity index (χ2v) is 7.89. The van der Waals surface area contributed by atoms with Crippen molar-refractivity contribution in [1.29, 1.82) is 0 Å². The number of rotatable bonds is 3. The Hall–Kier alpha value is -3.32. The molecule has 1 atom stereocenters. The zero-order chi connectivity index (χ0) is 19.3. The summed E-state index contributed by atoms with van der Waals surface area (Å²) in [4.78, 5) is 22.8. The van der Waals surface area contributed by atoms with E-state index in [4.69, 9.17) is 0 Å². The van der Waals surface area contributed by atoms with Crippen LogP contribution in [0, 0.1) is 5.82 Å². The van der Waals surface area contributed by atoms with Gasteiger partial charge in [-0.3, -0.25) is 9.00 Å². The quantitative estimate of drug-likeness (QED) is 0.456.